The lowest BCUT2D eigenvalue weighted by Gasteiger charge is -2.29. The number of aliphatic carboxylic acids is 1. The Hall–Kier alpha value is -2.88. The second kappa shape index (κ2) is 9.72. The number of pyridine rings is 2. The third-order valence-electron chi connectivity index (χ3n) is 3.55. The van der Waals surface area contributed by atoms with Gasteiger partial charge in [0.25, 0.3) is 0 Å². The fourth-order valence-corrected chi connectivity index (χ4v) is 2.25. The summed E-state index contributed by atoms with van der Waals surface area (Å²) in [4.78, 5) is 19.6. The SMILES string of the molecule is O=C(O)C(F)(F)F.c1cnc(N2CCNCC2)c(OCc2ccncc2)c1. The van der Waals surface area contributed by atoms with Crippen molar-refractivity contribution in [2.24, 2.45) is 0 Å². The number of ether oxygens (including phenoxy) is 1. The number of nitrogens with zero attached hydrogens (tertiary/aromatic N) is 3. The molecule has 3 rings (SSSR count). The van der Waals surface area contributed by atoms with Crippen molar-refractivity contribution in [3.05, 3.63) is 48.4 Å². The molecule has 0 unspecified atom stereocenters. The van der Waals surface area contributed by atoms with Gasteiger partial charge in [-0.2, -0.15) is 13.2 Å². The Morgan fingerprint density at radius 1 is 1.19 bits per heavy atom. The summed E-state index contributed by atoms with van der Waals surface area (Å²) in [6.07, 6.45) is 0.287. The standard InChI is InChI=1S/C15H18N4O.C2HF3O2/c1-2-14(20-12-13-3-6-16-7-4-13)15(18-5-1)19-10-8-17-9-11-19;3-2(4,5)1(6)7/h1-7,17H,8-12H2;(H,6,7). The summed E-state index contributed by atoms with van der Waals surface area (Å²) in [7, 11) is 0. The molecule has 2 aromatic rings. The molecule has 10 heteroatoms. The summed E-state index contributed by atoms with van der Waals surface area (Å²) in [5, 5.41) is 10.5. The van der Waals surface area contributed by atoms with Crippen LogP contribution in [0.25, 0.3) is 0 Å². The highest BCUT2D eigenvalue weighted by Crippen LogP contribution is 2.26. The lowest BCUT2D eigenvalue weighted by Crippen LogP contribution is -2.44. The Labute approximate surface area is 153 Å². The molecule has 7 nitrogen and oxygen atoms in total. The number of anilines is 1. The van der Waals surface area contributed by atoms with Gasteiger partial charge in [-0.15, -0.1) is 0 Å². The number of aromatic nitrogens is 2. The van der Waals surface area contributed by atoms with Crippen molar-refractivity contribution < 1.29 is 27.8 Å². The third-order valence-corrected chi connectivity index (χ3v) is 3.55. The van der Waals surface area contributed by atoms with E-state index >= 15 is 0 Å². The van der Waals surface area contributed by atoms with Gasteiger partial charge in [0.1, 0.15) is 6.61 Å². The lowest BCUT2D eigenvalue weighted by molar-refractivity contribution is -0.192. The van der Waals surface area contributed by atoms with Crippen LogP contribution in [0.4, 0.5) is 19.0 Å². The lowest BCUT2D eigenvalue weighted by atomic mass is 10.3. The molecule has 0 atom stereocenters. The highest BCUT2D eigenvalue weighted by Gasteiger charge is 2.38. The van der Waals surface area contributed by atoms with E-state index in [9.17, 15) is 13.2 Å². The summed E-state index contributed by atoms with van der Waals surface area (Å²) in [6.45, 7) is 4.43. The number of carbonyl (C=O) groups is 1. The van der Waals surface area contributed by atoms with Crippen molar-refractivity contribution in [2.75, 3.05) is 31.1 Å². The van der Waals surface area contributed by atoms with Crippen molar-refractivity contribution in [3.63, 3.8) is 0 Å². The Kier molecular flexibility index (Phi) is 7.35. The second-order valence-corrected chi connectivity index (χ2v) is 5.51. The highest BCUT2D eigenvalue weighted by molar-refractivity contribution is 5.73. The van der Waals surface area contributed by atoms with E-state index in [2.05, 4.69) is 20.2 Å². The average Bonchev–Trinajstić information content (AvgIpc) is 2.68. The Morgan fingerprint density at radius 3 is 2.41 bits per heavy atom. The number of carboxylic acid groups (broad SMARTS) is 1. The maximum absolute atomic E-state index is 10.6. The quantitative estimate of drug-likeness (QED) is 0.835. The molecule has 2 aromatic heterocycles. The van der Waals surface area contributed by atoms with Gasteiger partial charge in [-0.1, -0.05) is 0 Å². The van der Waals surface area contributed by atoms with Crippen molar-refractivity contribution in [1.29, 1.82) is 0 Å². The zero-order valence-electron chi connectivity index (χ0n) is 14.3. The maximum Gasteiger partial charge on any atom is 0.490 e. The Morgan fingerprint density at radius 2 is 1.81 bits per heavy atom. The maximum atomic E-state index is 10.6. The molecular weight excluding hydrogens is 365 g/mol. The van der Waals surface area contributed by atoms with Gasteiger partial charge in [-0.25, -0.2) is 9.78 Å². The first-order chi connectivity index (χ1) is 12.9. The third kappa shape index (κ3) is 6.74. The number of rotatable bonds is 4. The van der Waals surface area contributed by atoms with E-state index in [-0.39, 0.29) is 0 Å². The van der Waals surface area contributed by atoms with Crippen LogP contribution in [0.3, 0.4) is 0 Å². The Bertz CT molecular complexity index is 723. The first kappa shape index (κ1) is 20.4. The Balaban J connectivity index is 0.000000321. The first-order valence-electron chi connectivity index (χ1n) is 8.10. The topological polar surface area (TPSA) is 87.6 Å². The van der Waals surface area contributed by atoms with Crippen LogP contribution in [-0.2, 0) is 11.4 Å². The van der Waals surface area contributed by atoms with Crippen molar-refractivity contribution >= 4 is 11.8 Å². The van der Waals surface area contributed by atoms with Gasteiger partial charge in [-0.3, -0.25) is 4.98 Å². The molecule has 0 saturated carbocycles. The fourth-order valence-electron chi connectivity index (χ4n) is 2.25. The van der Waals surface area contributed by atoms with Gasteiger partial charge in [0, 0.05) is 44.8 Å². The van der Waals surface area contributed by atoms with Crippen LogP contribution in [-0.4, -0.2) is 53.4 Å². The van der Waals surface area contributed by atoms with Gasteiger partial charge in [0.05, 0.1) is 0 Å². The van der Waals surface area contributed by atoms with Crippen molar-refractivity contribution in [1.82, 2.24) is 15.3 Å². The first-order valence-corrected chi connectivity index (χ1v) is 8.10. The molecule has 1 saturated heterocycles. The van der Waals surface area contributed by atoms with Crippen molar-refractivity contribution in [2.45, 2.75) is 12.8 Å². The van der Waals surface area contributed by atoms with Crippen LogP contribution in [0.5, 0.6) is 5.75 Å². The molecule has 3 heterocycles. The minimum absolute atomic E-state index is 0.535. The number of hydrogen-bond donors (Lipinski definition) is 2. The molecule has 146 valence electrons. The zero-order chi connectivity index (χ0) is 19.7. The monoisotopic (exact) mass is 384 g/mol. The molecule has 0 bridgehead atoms. The van der Waals surface area contributed by atoms with Crippen LogP contribution < -0.4 is 15.0 Å². The van der Waals surface area contributed by atoms with E-state index in [1.165, 1.54) is 0 Å². The molecular formula is C17H19F3N4O3. The number of alkyl halides is 3. The van der Waals surface area contributed by atoms with Crippen molar-refractivity contribution in [3.8, 4) is 5.75 Å². The number of hydrogen-bond acceptors (Lipinski definition) is 6. The summed E-state index contributed by atoms with van der Waals surface area (Å²) < 4.78 is 37.7. The van der Waals surface area contributed by atoms with Gasteiger partial charge in [0.15, 0.2) is 11.6 Å². The van der Waals surface area contributed by atoms with Gasteiger partial charge >= 0.3 is 12.1 Å². The van der Waals surface area contributed by atoms with Gasteiger partial charge in [0.2, 0.25) is 0 Å². The normalized spacial score (nSPS) is 14.1. The number of piperazine rings is 1. The van der Waals surface area contributed by atoms with E-state index in [4.69, 9.17) is 14.6 Å². The van der Waals surface area contributed by atoms with E-state index in [1.54, 1.807) is 12.4 Å². The molecule has 1 aliphatic heterocycles. The molecule has 1 aliphatic rings. The molecule has 0 radical (unpaired) electrons. The summed E-state index contributed by atoms with van der Waals surface area (Å²) in [5.41, 5.74) is 1.11. The summed E-state index contributed by atoms with van der Waals surface area (Å²) >= 11 is 0. The highest BCUT2D eigenvalue weighted by atomic mass is 19.4. The number of nitrogens with one attached hydrogen (secondary N) is 1. The number of carboxylic acids is 1. The minimum Gasteiger partial charge on any atom is -0.485 e. The number of halogens is 3. The fraction of sp³-hybridized carbons (Fsp3) is 0.353. The van der Waals surface area contributed by atoms with E-state index in [1.807, 2.05) is 30.5 Å². The van der Waals surface area contributed by atoms with Crippen LogP contribution in [0.15, 0.2) is 42.9 Å². The van der Waals surface area contributed by atoms with Gasteiger partial charge in [-0.05, 0) is 29.8 Å². The molecule has 1 fully saturated rings. The van der Waals surface area contributed by atoms with E-state index < -0.39 is 12.1 Å². The largest absolute Gasteiger partial charge is 0.490 e. The molecule has 27 heavy (non-hydrogen) atoms. The van der Waals surface area contributed by atoms with Crippen LogP contribution in [0.2, 0.25) is 0 Å². The molecule has 0 spiro atoms. The smallest absolute Gasteiger partial charge is 0.485 e. The van der Waals surface area contributed by atoms with Crippen LogP contribution in [0, 0.1) is 0 Å². The minimum atomic E-state index is -5.08. The molecule has 0 amide bonds. The predicted molar refractivity (Wildman–Crippen MR) is 91.6 cm³/mol. The summed E-state index contributed by atoms with van der Waals surface area (Å²) in [5.74, 6) is -0.984. The predicted octanol–water partition coefficient (Wildman–Crippen LogP) is 2.10. The second-order valence-electron chi connectivity index (χ2n) is 5.51. The molecule has 2 N–H and O–H groups in total. The van der Waals surface area contributed by atoms with E-state index in [0.717, 1.165) is 43.3 Å². The molecule has 0 aliphatic carbocycles. The van der Waals surface area contributed by atoms with Gasteiger partial charge < -0.3 is 20.1 Å². The molecule has 0 aromatic carbocycles. The summed E-state index contributed by atoms with van der Waals surface area (Å²) in [6, 6.07) is 7.81. The van der Waals surface area contributed by atoms with E-state index in [0.29, 0.717) is 6.61 Å². The van der Waals surface area contributed by atoms with Crippen LogP contribution >= 0.6 is 0 Å². The average molecular weight is 384 g/mol. The van der Waals surface area contributed by atoms with Crippen LogP contribution in [0.1, 0.15) is 5.56 Å². The zero-order valence-corrected chi connectivity index (χ0v) is 14.3.